The van der Waals surface area contributed by atoms with Crippen LogP contribution < -0.4 is 5.73 Å². The van der Waals surface area contributed by atoms with Crippen molar-refractivity contribution in [2.75, 3.05) is 12.3 Å². The molecule has 0 aliphatic carbocycles. The second-order valence-corrected chi connectivity index (χ2v) is 5.55. The third-order valence-electron chi connectivity index (χ3n) is 3.71. The summed E-state index contributed by atoms with van der Waals surface area (Å²) in [5, 5.41) is 27.9. The molecular formula is C11H14ClN5O4. The number of nitrogens with two attached hydrogens (primary N) is 1. The van der Waals surface area contributed by atoms with Gasteiger partial charge in [0.1, 0.15) is 30.4 Å². The van der Waals surface area contributed by atoms with Crippen LogP contribution in [-0.2, 0) is 9.92 Å². The van der Waals surface area contributed by atoms with E-state index < -0.39 is 29.6 Å². The van der Waals surface area contributed by atoms with Gasteiger partial charge in [-0.3, -0.25) is 4.57 Å². The third-order valence-corrected chi connectivity index (χ3v) is 4.37. The highest BCUT2D eigenvalue weighted by Gasteiger charge is 2.63. The lowest BCUT2D eigenvalue weighted by atomic mass is 9.96. The number of nitrogen functional groups attached to an aromatic ring is 1. The summed E-state index contributed by atoms with van der Waals surface area (Å²) in [5.74, 6) is 0.149. The van der Waals surface area contributed by atoms with Gasteiger partial charge in [0, 0.05) is 0 Å². The maximum Gasteiger partial charge on any atom is 0.258 e. The van der Waals surface area contributed by atoms with Crippen LogP contribution in [0.1, 0.15) is 6.92 Å². The molecule has 3 rings (SSSR count). The zero-order chi connectivity index (χ0) is 15.4. The van der Waals surface area contributed by atoms with E-state index in [2.05, 4.69) is 15.0 Å². The number of hydrogen-bond donors (Lipinski definition) is 4. The molecule has 1 aliphatic heterocycles. The van der Waals surface area contributed by atoms with Crippen molar-refractivity contribution < 1.29 is 20.1 Å². The summed E-state index contributed by atoms with van der Waals surface area (Å²) in [6.45, 7) is 0.798. The maximum absolute atomic E-state index is 10.5. The Morgan fingerprint density at radius 3 is 2.81 bits per heavy atom. The predicted octanol–water partition coefficient (Wildman–Crippen LogP) is -1.24. The Hall–Kier alpha value is -1.52. The number of alkyl halides is 1. The molecule has 0 bridgehead atoms. The minimum absolute atomic E-state index is 0.149. The minimum Gasteiger partial charge on any atom is -0.394 e. The van der Waals surface area contributed by atoms with Crippen molar-refractivity contribution in [2.45, 2.75) is 29.9 Å². The van der Waals surface area contributed by atoms with Crippen molar-refractivity contribution in [1.29, 1.82) is 0 Å². The standard InChI is InChI=1S/C11H14ClN5O4/c1-10(20)7(19)5(2-18)21-11(10,12)17-4-16-6-8(13)14-3-15-9(6)17/h3-5,7,18-20H,2H2,1H3,(H2,13,14,15)/t5-,7-,10-,11+/m1/s1. The van der Waals surface area contributed by atoms with Gasteiger partial charge >= 0.3 is 0 Å². The monoisotopic (exact) mass is 315 g/mol. The van der Waals surface area contributed by atoms with E-state index in [1.54, 1.807) is 0 Å². The molecule has 4 atom stereocenters. The van der Waals surface area contributed by atoms with Crippen LogP contribution >= 0.6 is 11.6 Å². The molecule has 0 aromatic carbocycles. The number of aliphatic hydroxyl groups is 3. The van der Waals surface area contributed by atoms with Crippen LogP contribution in [0.3, 0.4) is 0 Å². The first-order chi connectivity index (χ1) is 9.83. The molecule has 2 aromatic heterocycles. The predicted molar refractivity (Wildman–Crippen MR) is 72.2 cm³/mol. The van der Waals surface area contributed by atoms with Gasteiger partial charge in [-0.15, -0.1) is 0 Å². The van der Waals surface area contributed by atoms with Crippen LogP contribution in [0.5, 0.6) is 0 Å². The third kappa shape index (κ3) is 1.75. The molecule has 1 fully saturated rings. The molecule has 5 N–H and O–H groups in total. The fraction of sp³-hybridized carbons (Fsp3) is 0.545. The molecular weight excluding hydrogens is 302 g/mol. The largest absolute Gasteiger partial charge is 0.394 e. The Bertz CT molecular complexity index is 692. The Balaban J connectivity index is 2.19. The molecule has 1 aliphatic rings. The van der Waals surface area contributed by atoms with Gasteiger partial charge in [0.05, 0.1) is 6.61 Å². The molecule has 21 heavy (non-hydrogen) atoms. The van der Waals surface area contributed by atoms with Crippen LogP contribution in [0.2, 0.25) is 0 Å². The molecule has 9 nitrogen and oxygen atoms in total. The molecule has 0 spiro atoms. The first-order valence-corrected chi connectivity index (χ1v) is 6.52. The topological polar surface area (TPSA) is 140 Å². The Labute approximate surface area is 124 Å². The normalized spacial score (nSPS) is 36.4. The average Bonchev–Trinajstić information content (AvgIpc) is 2.95. The number of anilines is 1. The number of aliphatic hydroxyl groups excluding tert-OH is 2. The summed E-state index contributed by atoms with van der Waals surface area (Å²) in [5.41, 5.74) is 4.33. The quantitative estimate of drug-likeness (QED) is 0.505. The highest BCUT2D eigenvalue weighted by Crippen LogP contribution is 2.47. The summed E-state index contributed by atoms with van der Waals surface area (Å²) in [6.07, 6.45) is 0.0642. The van der Waals surface area contributed by atoms with Crippen LogP contribution in [0, 0.1) is 0 Å². The molecule has 2 aromatic rings. The van der Waals surface area contributed by atoms with E-state index in [0.29, 0.717) is 5.52 Å². The average molecular weight is 316 g/mol. The Morgan fingerprint density at radius 1 is 1.48 bits per heavy atom. The highest BCUT2D eigenvalue weighted by molar-refractivity contribution is 6.22. The molecule has 0 unspecified atom stereocenters. The van der Waals surface area contributed by atoms with E-state index in [0.717, 1.165) is 0 Å². The van der Waals surface area contributed by atoms with Gasteiger partial charge in [-0.25, -0.2) is 15.0 Å². The smallest absolute Gasteiger partial charge is 0.258 e. The van der Waals surface area contributed by atoms with Crippen molar-refractivity contribution >= 4 is 28.6 Å². The van der Waals surface area contributed by atoms with E-state index in [-0.39, 0.29) is 11.5 Å². The van der Waals surface area contributed by atoms with Crippen LogP contribution in [0.15, 0.2) is 12.7 Å². The number of fused-ring (bicyclic) bond motifs is 1. The molecule has 1 saturated heterocycles. The van der Waals surface area contributed by atoms with Crippen molar-refractivity contribution in [3.05, 3.63) is 12.7 Å². The van der Waals surface area contributed by atoms with Gasteiger partial charge < -0.3 is 25.8 Å². The van der Waals surface area contributed by atoms with Crippen LogP contribution in [0.4, 0.5) is 5.82 Å². The lowest BCUT2D eigenvalue weighted by Crippen LogP contribution is -2.52. The molecule has 0 saturated carbocycles. The van der Waals surface area contributed by atoms with E-state index in [1.165, 1.54) is 24.1 Å². The number of halogens is 1. The Morgan fingerprint density at radius 2 is 2.19 bits per heavy atom. The van der Waals surface area contributed by atoms with E-state index in [1.807, 2.05) is 0 Å². The van der Waals surface area contributed by atoms with Crippen molar-refractivity contribution in [3.63, 3.8) is 0 Å². The Kier molecular flexibility index (Phi) is 3.08. The van der Waals surface area contributed by atoms with Gasteiger partial charge in [0.25, 0.3) is 5.18 Å². The van der Waals surface area contributed by atoms with Crippen molar-refractivity contribution in [1.82, 2.24) is 19.5 Å². The van der Waals surface area contributed by atoms with Gasteiger partial charge in [0.2, 0.25) is 0 Å². The first-order valence-electron chi connectivity index (χ1n) is 6.15. The number of aromatic nitrogens is 4. The van der Waals surface area contributed by atoms with Gasteiger partial charge in [-0.05, 0) is 6.92 Å². The summed E-state index contributed by atoms with van der Waals surface area (Å²) >= 11 is 6.41. The summed E-state index contributed by atoms with van der Waals surface area (Å²) in [7, 11) is 0. The lowest BCUT2D eigenvalue weighted by Gasteiger charge is -2.34. The van der Waals surface area contributed by atoms with Crippen LogP contribution in [-0.4, -0.2) is 59.3 Å². The van der Waals surface area contributed by atoms with Gasteiger partial charge in [-0.2, -0.15) is 0 Å². The zero-order valence-electron chi connectivity index (χ0n) is 11.0. The number of nitrogens with zero attached hydrogens (tertiary/aromatic N) is 4. The molecule has 3 heterocycles. The number of hydrogen-bond acceptors (Lipinski definition) is 8. The number of imidazole rings is 1. The zero-order valence-corrected chi connectivity index (χ0v) is 11.8. The molecule has 0 radical (unpaired) electrons. The molecule has 114 valence electrons. The highest BCUT2D eigenvalue weighted by atomic mass is 35.5. The maximum atomic E-state index is 10.5. The van der Waals surface area contributed by atoms with Gasteiger partial charge in [0.15, 0.2) is 17.1 Å². The van der Waals surface area contributed by atoms with E-state index >= 15 is 0 Å². The number of rotatable bonds is 2. The second kappa shape index (κ2) is 4.49. The lowest BCUT2D eigenvalue weighted by molar-refractivity contribution is -0.128. The molecule has 0 amide bonds. The van der Waals surface area contributed by atoms with E-state index in [4.69, 9.17) is 22.1 Å². The fourth-order valence-corrected chi connectivity index (χ4v) is 2.78. The second-order valence-electron chi connectivity index (χ2n) is 5.04. The van der Waals surface area contributed by atoms with Crippen molar-refractivity contribution in [2.24, 2.45) is 0 Å². The summed E-state index contributed by atoms with van der Waals surface area (Å²) in [4.78, 5) is 11.9. The summed E-state index contributed by atoms with van der Waals surface area (Å²) in [6, 6.07) is 0. The summed E-state index contributed by atoms with van der Waals surface area (Å²) < 4.78 is 6.71. The van der Waals surface area contributed by atoms with E-state index in [9.17, 15) is 15.3 Å². The molecule has 10 heteroatoms. The van der Waals surface area contributed by atoms with Gasteiger partial charge in [-0.1, -0.05) is 11.6 Å². The van der Waals surface area contributed by atoms with Crippen molar-refractivity contribution in [3.8, 4) is 0 Å². The first kappa shape index (κ1) is 14.4. The number of ether oxygens (including phenoxy) is 1. The SMILES string of the molecule is C[C@@]1(O)[C@H](O)[C@@H](CO)O[C@@]1(Cl)n1cnc2c(N)ncnc21. The fourth-order valence-electron chi connectivity index (χ4n) is 2.43. The van der Waals surface area contributed by atoms with Crippen LogP contribution in [0.25, 0.3) is 11.2 Å². The minimum atomic E-state index is -1.89.